The van der Waals surface area contributed by atoms with Gasteiger partial charge in [0.1, 0.15) is 0 Å². The van der Waals surface area contributed by atoms with Crippen molar-refractivity contribution in [3.05, 3.63) is 87.9 Å². The summed E-state index contributed by atoms with van der Waals surface area (Å²) in [5.41, 5.74) is 3.43. The lowest BCUT2D eigenvalue weighted by Gasteiger charge is -2.44. The molecule has 2 N–H and O–H groups in total. The van der Waals surface area contributed by atoms with Crippen molar-refractivity contribution in [2.24, 2.45) is 5.92 Å². The Morgan fingerprint density at radius 1 is 1.00 bits per heavy atom. The molecule has 2 saturated heterocycles. The average molecular weight is 619 g/mol. The van der Waals surface area contributed by atoms with E-state index in [9.17, 15) is 15.0 Å². The van der Waals surface area contributed by atoms with Gasteiger partial charge in [0.15, 0.2) is 11.5 Å². The summed E-state index contributed by atoms with van der Waals surface area (Å²) in [5, 5.41) is 22.1. The van der Waals surface area contributed by atoms with Crippen LogP contribution in [-0.2, 0) is 16.8 Å². The van der Waals surface area contributed by atoms with Crippen LogP contribution in [0.15, 0.2) is 60.7 Å². The monoisotopic (exact) mass is 618 g/mol. The number of benzene rings is 3. The molecule has 1 amide bonds. The van der Waals surface area contributed by atoms with E-state index in [2.05, 4.69) is 4.90 Å². The van der Waals surface area contributed by atoms with Crippen LogP contribution in [0.5, 0.6) is 11.5 Å². The molecule has 3 aliphatic heterocycles. The molecule has 3 aromatic carbocycles. The highest BCUT2D eigenvalue weighted by Crippen LogP contribution is 2.47. The summed E-state index contributed by atoms with van der Waals surface area (Å²) in [4.78, 5) is 18.2. The second kappa shape index (κ2) is 12.4. The summed E-state index contributed by atoms with van der Waals surface area (Å²) in [6.07, 6.45) is 4.25. The van der Waals surface area contributed by atoms with Crippen LogP contribution >= 0.6 is 11.6 Å². The molecule has 0 aromatic heterocycles. The van der Waals surface area contributed by atoms with Gasteiger partial charge >= 0.3 is 0 Å². The number of ether oxygens (including phenoxy) is 2. The minimum absolute atomic E-state index is 0.0237. The zero-order valence-electron chi connectivity index (χ0n) is 26.0. The van der Waals surface area contributed by atoms with Crippen LogP contribution < -0.4 is 14.4 Å². The summed E-state index contributed by atoms with van der Waals surface area (Å²) in [5.74, 6) is 1.35. The third kappa shape index (κ3) is 5.71. The summed E-state index contributed by atoms with van der Waals surface area (Å²) in [7, 11) is 1.61. The molecule has 44 heavy (non-hydrogen) atoms. The number of carbonyl (C=O) groups excluding carboxylic acids is 1. The van der Waals surface area contributed by atoms with Gasteiger partial charge in [0, 0.05) is 29.3 Å². The number of rotatable bonds is 9. The van der Waals surface area contributed by atoms with Gasteiger partial charge in [-0.05, 0) is 111 Å². The zero-order valence-corrected chi connectivity index (χ0v) is 26.8. The van der Waals surface area contributed by atoms with Crippen molar-refractivity contribution in [3.8, 4) is 11.5 Å². The van der Waals surface area contributed by atoms with Crippen molar-refractivity contribution in [1.29, 1.82) is 0 Å². The minimum Gasteiger partial charge on any atom is -0.493 e. The first-order valence-electron chi connectivity index (χ1n) is 15.7. The lowest BCUT2D eigenvalue weighted by atomic mass is 9.75. The Morgan fingerprint density at radius 3 is 2.25 bits per heavy atom. The molecule has 2 bridgehead atoms. The fraction of sp³-hybridized carbons (Fsp3) is 0.472. The SMILES string of the molecule is COc1cc2c(cc1OC(C)C)[C@H](c1ccc(Cl)cc1)N(c1ccc(C(C)(O)C3CC4CCC(C3)N4CCO)cc1)C(=O)C2. The van der Waals surface area contributed by atoms with Crippen molar-refractivity contribution in [2.75, 3.05) is 25.2 Å². The van der Waals surface area contributed by atoms with Crippen LogP contribution in [-0.4, -0.2) is 59.5 Å². The van der Waals surface area contributed by atoms with Crippen molar-refractivity contribution in [3.63, 3.8) is 0 Å². The Kier molecular flexibility index (Phi) is 8.68. The van der Waals surface area contributed by atoms with E-state index >= 15 is 0 Å². The first-order valence-corrected chi connectivity index (χ1v) is 16.1. The first kappa shape index (κ1) is 30.9. The van der Waals surface area contributed by atoms with Gasteiger partial charge in [0.05, 0.1) is 37.9 Å². The maximum Gasteiger partial charge on any atom is 0.232 e. The molecule has 234 valence electrons. The lowest BCUT2D eigenvalue weighted by molar-refractivity contribution is -0.118. The third-order valence-electron chi connectivity index (χ3n) is 9.90. The maximum atomic E-state index is 13.9. The molecule has 3 unspecified atom stereocenters. The number of methoxy groups -OCH3 is 1. The highest BCUT2D eigenvalue weighted by Gasteiger charge is 2.46. The zero-order chi connectivity index (χ0) is 31.2. The summed E-state index contributed by atoms with van der Waals surface area (Å²) < 4.78 is 11.8. The quantitative estimate of drug-likeness (QED) is 0.295. The number of nitrogens with zero attached hydrogens (tertiary/aromatic N) is 2. The van der Waals surface area contributed by atoms with Gasteiger partial charge in [-0.15, -0.1) is 0 Å². The maximum absolute atomic E-state index is 13.9. The second-order valence-electron chi connectivity index (χ2n) is 13.0. The number of anilines is 1. The number of fused-ring (bicyclic) bond motifs is 3. The molecular weight excluding hydrogens is 576 g/mol. The highest BCUT2D eigenvalue weighted by atomic mass is 35.5. The molecule has 4 atom stereocenters. The van der Waals surface area contributed by atoms with E-state index in [-0.39, 0.29) is 31.0 Å². The summed E-state index contributed by atoms with van der Waals surface area (Å²) in [6, 6.07) is 19.8. The van der Waals surface area contributed by atoms with Crippen LogP contribution in [0.4, 0.5) is 5.69 Å². The van der Waals surface area contributed by atoms with Crippen LogP contribution in [0.3, 0.4) is 0 Å². The molecule has 0 saturated carbocycles. The van der Waals surface area contributed by atoms with Gasteiger partial charge in [-0.1, -0.05) is 35.9 Å². The molecule has 7 nitrogen and oxygen atoms in total. The van der Waals surface area contributed by atoms with Crippen LogP contribution in [0, 0.1) is 5.92 Å². The van der Waals surface area contributed by atoms with Gasteiger partial charge < -0.3 is 24.6 Å². The molecule has 3 heterocycles. The standard InChI is InChI=1S/C36H43ClN2O5/c1-22(2)44-33-21-31-24(17-32(33)43-4)18-34(41)39(35(31)23-5-9-27(37)10-6-23)28-11-7-25(8-12-28)36(3,42)26-19-29-13-14-30(20-26)38(29)15-16-40/h5-12,17,21-22,26,29-30,35,40,42H,13-16,18-20H2,1-4H3/t26?,29?,30?,35-,36?/m0/s1. The average Bonchev–Trinajstić information content (AvgIpc) is 3.22. The van der Waals surface area contributed by atoms with E-state index in [4.69, 9.17) is 21.1 Å². The summed E-state index contributed by atoms with van der Waals surface area (Å²) in [6.45, 7) is 6.76. The second-order valence-corrected chi connectivity index (χ2v) is 13.4. The Morgan fingerprint density at radius 2 is 1.66 bits per heavy atom. The first-order chi connectivity index (χ1) is 21.1. The highest BCUT2D eigenvalue weighted by molar-refractivity contribution is 6.30. The molecule has 0 spiro atoms. The van der Waals surface area contributed by atoms with E-state index < -0.39 is 11.6 Å². The number of piperidine rings is 1. The van der Waals surface area contributed by atoms with Crippen LogP contribution in [0.25, 0.3) is 0 Å². The number of aliphatic hydroxyl groups excluding tert-OH is 1. The third-order valence-corrected chi connectivity index (χ3v) is 10.2. The number of hydrogen-bond acceptors (Lipinski definition) is 6. The van der Waals surface area contributed by atoms with Crippen molar-refractivity contribution in [1.82, 2.24) is 4.90 Å². The molecule has 3 aromatic rings. The van der Waals surface area contributed by atoms with Crippen molar-refractivity contribution in [2.45, 2.75) is 82.7 Å². The molecule has 0 aliphatic carbocycles. The number of hydrogen-bond donors (Lipinski definition) is 2. The molecule has 2 fully saturated rings. The van der Waals surface area contributed by atoms with E-state index in [1.165, 1.54) is 0 Å². The van der Waals surface area contributed by atoms with Gasteiger partial charge in [0.2, 0.25) is 5.91 Å². The largest absolute Gasteiger partial charge is 0.493 e. The van der Waals surface area contributed by atoms with E-state index in [0.29, 0.717) is 35.2 Å². The Labute approximate surface area is 265 Å². The van der Waals surface area contributed by atoms with Gasteiger partial charge in [-0.2, -0.15) is 0 Å². The molecular formula is C36H43ClN2O5. The topological polar surface area (TPSA) is 82.5 Å². The van der Waals surface area contributed by atoms with E-state index in [1.807, 2.05) is 86.3 Å². The minimum atomic E-state index is -1.00. The normalized spacial score (nSPS) is 24.7. The number of amides is 1. The predicted octanol–water partition coefficient (Wildman–Crippen LogP) is 6.26. The number of carbonyl (C=O) groups is 1. The summed E-state index contributed by atoms with van der Waals surface area (Å²) >= 11 is 6.27. The van der Waals surface area contributed by atoms with Crippen molar-refractivity contribution < 1.29 is 24.5 Å². The van der Waals surface area contributed by atoms with Crippen molar-refractivity contribution >= 4 is 23.2 Å². The van der Waals surface area contributed by atoms with Crippen LogP contribution in [0.2, 0.25) is 5.02 Å². The Hall–Kier alpha value is -3.10. The smallest absolute Gasteiger partial charge is 0.232 e. The molecule has 8 heteroatoms. The predicted molar refractivity (Wildman–Crippen MR) is 173 cm³/mol. The number of aliphatic hydroxyl groups is 2. The Balaban J connectivity index is 1.35. The van der Waals surface area contributed by atoms with Gasteiger partial charge in [-0.3, -0.25) is 9.69 Å². The molecule has 6 rings (SSSR count). The fourth-order valence-electron chi connectivity index (χ4n) is 7.74. The fourth-order valence-corrected chi connectivity index (χ4v) is 7.86. The van der Waals surface area contributed by atoms with Gasteiger partial charge in [0.25, 0.3) is 0 Å². The van der Waals surface area contributed by atoms with E-state index in [0.717, 1.165) is 53.6 Å². The lowest BCUT2D eigenvalue weighted by Crippen LogP contribution is -2.48. The van der Waals surface area contributed by atoms with Crippen LogP contribution in [0.1, 0.15) is 74.8 Å². The Bertz CT molecular complexity index is 1480. The van der Waals surface area contributed by atoms with Gasteiger partial charge in [-0.25, -0.2) is 0 Å². The molecule has 0 radical (unpaired) electrons. The molecule has 3 aliphatic rings. The van der Waals surface area contributed by atoms with E-state index in [1.54, 1.807) is 7.11 Å². The number of halogens is 1.